The molecule has 31 heavy (non-hydrogen) atoms. The van der Waals surface area contributed by atoms with Gasteiger partial charge < -0.3 is 15.4 Å². The van der Waals surface area contributed by atoms with Gasteiger partial charge in [-0.1, -0.05) is 11.8 Å². The Morgan fingerprint density at radius 2 is 2.00 bits per heavy atom. The Hall–Kier alpha value is -2.79. The lowest BCUT2D eigenvalue weighted by Crippen LogP contribution is -2.18. The third kappa shape index (κ3) is 4.93. The molecule has 1 aliphatic heterocycles. The maximum atomic E-state index is 13.4. The van der Waals surface area contributed by atoms with E-state index in [1.54, 1.807) is 17.0 Å². The third-order valence-corrected chi connectivity index (χ3v) is 6.01. The van der Waals surface area contributed by atoms with Gasteiger partial charge in [-0.15, -0.1) is 10.2 Å². The number of benzene rings is 1. The molecule has 0 spiro atoms. The Kier molecular flexibility index (Phi) is 6.33. The topological polar surface area (TPSA) is 108 Å². The first kappa shape index (κ1) is 21.4. The molecule has 1 fully saturated rings. The van der Waals surface area contributed by atoms with Crippen molar-refractivity contribution in [2.75, 3.05) is 31.3 Å². The van der Waals surface area contributed by atoms with E-state index in [1.165, 1.54) is 23.9 Å². The summed E-state index contributed by atoms with van der Waals surface area (Å²) in [6.07, 6.45) is 2.12. The van der Waals surface area contributed by atoms with E-state index in [2.05, 4.69) is 25.1 Å². The molecular weight excluding hydrogens is 419 g/mol. The summed E-state index contributed by atoms with van der Waals surface area (Å²) in [7, 11) is 3.70. The quantitative estimate of drug-likeness (QED) is 0.550. The second kappa shape index (κ2) is 9.15. The lowest BCUT2D eigenvalue weighted by atomic mass is 10.2. The van der Waals surface area contributed by atoms with Crippen molar-refractivity contribution in [2.24, 2.45) is 0 Å². The van der Waals surface area contributed by atoms with E-state index < -0.39 is 0 Å². The van der Waals surface area contributed by atoms with Crippen LogP contribution in [-0.2, 0) is 11.3 Å². The minimum absolute atomic E-state index is 0.0954. The van der Waals surface area contributed by atoms with Crippen LogP contribution in [0.2, 0.25) is 0 Å². The maximum absolute atomic E-state index is 13.4. The normalized spacial score (nSPS) is 17.1. The number of aromatic nitrogens is 6. The van der Waals surface area contributed by atoms with Gasteiger partial charge in [0.1, 0.15) is 11.6 Å². The molecule has 0 amide bonds. The fourth-order valence-corrected chi connectivity index (χ4v) is 4.24. The fraction of sp³-hybridized carbons (Fsp3) is 0.450. The Morgan fingerprint density at radius 1 is 1.23 bits per heavy atom. The molecule has 0 saturated carbocycles. The minimum Gasteiger partial charge on any atom is -0.376 e. The van der Waals surface area contributed by atoms with Crippen LogP contribution in [0.5, 0.6) is 0 Å². The molecule has 4 rings (SSSR count). The van der Waals surface area contributed by atoms with Crippen LogP contribution in [0.1, 0.15) is 30.8 Å². The first-order valence-corrected chi connectivity index (χ1v) is 10.9. The molecule has 2 atom stereocenters. The van der Waals surface area contributed by atoms with Gasteiger partial charge in [0.15, 0.2) is 11.0 Å². The molecule has 0 unspecified atom stereocenters. The van der Waals surface area contributed by atoms with Crippen molar-refractivity contribution in [1.82, 2.24) is 29.7 Å². The SMILES string of the molecule is C[C@H](Sc1nnc(-c2ccc(F)cc2)n1C[C@H]1CCCO1)c1nc(N)nc(N(C)C)n1. The molecule has 11 heteroatoms. The molecular formula is C20H25FN8OS. The van der Waals surface area contributed by atoms with Crippen molar-refractivity contribution in [3.8, 4) is 11.4 Å². The van der Waals surface area contributed by atoms with Crippen molar-refractivity contribution in [2.45, 2.75) is 42.8 Å². The molecule has 1 aliphatic rings. The Labute approximate surface area is 184 Å². The Balaban J connectivity index is 1.65. The maximum Gasteiger partial charge on any atom is 0.229 e. The average Bonchev–Trinajstić information content (AvgIpc) is 3.39. The zero-order chi connectivity index (χ0) is 22.0. The van der Waals surface area contributed by atoms with E-state index in [-0.39, 0.29) is 23.1 Å². The van der Waals surface area contributed by atoms with Crippen molar-refractivity contribution in [3.05, 3.63) is 35.9 Å². The van der Waals surface area contributed by atoms with Crippen LogP contribution < -0.4 is 10.6 Å². The van der Waals surface area contributed by atoms with E-state index >= 15 is 0 Å². The lowest BCUT2D eigenvalue weighted by Gasteiger charge is -2.17. The number of nitrogen functional groups attached to an aromatic ring is 1. The summed E-state index contributed by atoms with van der Waals surface area (Å²) in [5, 5.41) is 9.39. The van der Waals surface area contributed by atoms with Gasteiger partial charge in [0, 0.05) is 26.3 Å². The highest BCUT2D eigenvalue weighted by molar-refractivity contribution is 7.99. The Morgan fingerprint density at radius 3 is 2.68 bits per heavy atom. The van der Waals surface area contributed by atoms with Gasteiger partial charge in [-0.2, -0.15) is 15.0 Å². The molecule has 1 aromatic carbocycles. The average molecular weight is 445 g/mol. The zero-order valence-electron chi connectivity index (χ0n) is 17.7. The summed E-state index contributed by atoms with van der Waals surface area (Å²) >= 11 is 1.49. The van der Waals surface area contributed by atoms with E-state index in [1.807, 2.05) is 25.6 Å². The molecule has 2 aromatic heterocycles. The summed E-state index contributed by atoms with van der Waals surface area (Å²) in [6.45, 7) is 3.37. The second-order valence-corrected chi connectivity index (χ2v) is 8.87. The van der Waals surface area contributed by atoms with Gasteiger partial charge in [-0.05, 0) is 44.0 Å². The number of anilines is 2. The van der Waals surface area contributed by atoms with E-state index in [4.69, 9.17) is 10.5 Å². The molecule has 0 aliphatic carbocycles. The highest BCUT2D eigenvalue weighted by atomic mass is 32.2. The van der Waals surface area contributed by atoms with Gasteiger partial charge >= 0.3 is 0 Å². The highest BCUT2D eigenvalue weighted by Crippen LogP contribution is 2.35. The van der Waals surface area contributed by atoms with Crippen LogP contribution >= 0.6 is 11.8 Å². The van der Waals surface area contributed by atoms with Crippen LogP contribution in [-0.4, -0.2) is 56.5 Å². The van der Waals surface area contributed by atoms with Crippen molar-refractivity contribution in [1.29, 1.82) is 0 Å². The minimum atomic E-state index is -0.290. The summed E-state index contributed by atoms with van der Waals surface area (Å²) in [5.74, 6) is 1.63. The smallest absolute Gasteiger partial charge is 0.229 e. The predicted molar refractivity (Wildman–Crippen MR) is 117 cm³/mol. The molecule has 2 N–H and O–H groups in total. The van der Waals surface area contributed by atoms with E-state index in [0.717, 1.165) is 25.0 Å². The van der Waals surface area contributed by atoms with Crippen LogP contribution in [0.15, 0.2) is 29.4 Å². The second-order valence-electron chi connectivity index (χ2n) is 7.57. The molecule has 1 saturated heterocycles. The van der Waals surface area contributed by atoms with Crippen LogP contribution in [0.25, 0.3) is 11.4 Å². The zero-order valence-corrected chi connectivity index (χ0v) is 18.5. The summed E-state index contributed by atoms with van der Waals surface area (Å²) < 4.78 is 21.3. The van der Waals surface area contributed by atoms with Gasteiger partial charge in [0.25, 0.3) is 0 Å². The standard InChI is InChI=1S/C20H25FN8OS/c1-12(16-23-18(22)25-19(24-16)28(2)3)31-20-27-26-17(13-6-8-14(21)9-7-13)29(20)11-15-5-4-10-30-15/h6-9,12,15H,4-5,10-11H2,1-3H3,(H2,22,23,24,25)/t12-,15+/m0/s1. The largest absolute Gasteiger partial charge is 0.376 e. The fourth-order valence-electron chi connectivity index (χ4n) is 3.33. The summed E-state index contributed by atoms with van der Waals surface area (Å²) in [5.41, 5.74) is 6.68. The molecule has 9 nitrogen and oxygen atoms in total. The number of rotatable bonds is 7. The first-order chi connectivity index (χ1) is 14.9. The number of hydrogen-bond acceptors (Lipinski definition) is 9. The third-order valence-electron chi connectivity index (χ3n) is 4.93. The molecule has 3 heterocycles. The highest BCUT2D eigenvalue weighted by Gasteiger charge is 2.24. The molecule has 0 bridgehead atoms. The number of nitrogens with zero attached hydrogens (tertiary/aromatic N) is 7. The van der Waals surface area contributed by atoms with Crippen LogP contribution in [0.4, 0.5) is 16.3 Å². The number of ether oxygens (including phenoxy) is 1. The molecule has 0 radical (unpaired) electrons. The summed E-state index contributed by atoms with van der Waals surface area (Å²) in [6, 6.07) is 6.26. The first-order valence-electron chi connectivity index (χ1n) is 10.1. The molecule has 164 valence electrons. The Bertz CT molecular complexity index is 1040. The van der Waals surface area contributed by atoms with Crippen LogP contribution in [0, 0.1) is 5.82 Å². The predicted octanol–water partition coefficient (Wildman–Crippen LogP) is 2.95. The van der Waals surface area contributed by atoms with Gasteiger partial charge in [0.05, 0.1) is 17.9 Å². The van der Waals surface area contributed by atoms with Crippen molar-refractivity contribution in [3.63, 3.8) is 0 Å². The van der Waals surface area contributed by atoms with Gasteiger partial charge in [-0.3, -0.25) is 4.57 Å². The van der Waals surface area contributed by atoms with E-state index in [9.17, 15) is 4.39 Å². The van der Waals surface area contributed by atoms with Crippen LogP contribution in [0.3, 0.4) is 0 Å². The van der Waals surface area contributed by atoms with Gasteiger partial charge in [-0.25, -0.2) is 4.39 Å². The van der Waals surface area contributed by atoms with Gasteiger partial charge in [0.2, 0.25) is 11.9 Å². The number of halogens is 1. The number of thioether (sulfide) groups is 1. The molecule has 3 aromatic rings. The number of nitrogens with two attached hydrogens (primary N) is 1. The number of hydrogen-bond donors (Lipinski definition) is 1. The van der Waals surface area contributed by atoms with E-state index in [0.29, 0.717) is 29.3 Å². The monoisotopic (exact) mass is 444 g/mol. The lowest BCUT2D eigenvalue weighted by molar-refractivity contribution is 0.0953. The summed E-state index contributed by atoms with van der Waals surface area (Å²) in [4.78, 5) is 14.8. The van der Waals surface area contributed by atoms with Crippen molar-refractivity contribution < 1.29 is 9.13 Å². The van der Waals surface area contributed by atoms with Crippen molar-refractivity contribution >= 4 is 23.7 Å².